The lowest BCUT2D eigenvalue weighted by atomic mass is 10.0. The average Bonchev–Trinajstić information content (AvgIpc) is 2.87. The van der Waals surface area contributed by atoms with Gasteiger partial charge in [0, 0.05) is 5.56 Å². The third-order valence-electron chi connectivity index (χ3n) is 5.94. The van der Waals surface area contributed by atoms with E-state index in [-0.39, 0.29) is 46.8 Å². The van der Waals surface area contributed by atoms with Crippen molar-refractivity contribution in [3.05, 3.63) is 77.9 Å². The summed E-state index contributed by atoms with van der Waals surface area (Å²) in [5.74, 6) is -1.86. The molecule has 0 saturated heterocycles. The van der Waals surface area contributed by atoms with Crippen molar-refractivity contribution < 1.29 is 36.6 Å². The first-order valence-electron chi connectivity index (χ1n) is 11.2. The van der Waals surface area contributed by atoms with Crippen LogP contribution in [0.15, 0.2) is 65.6 Å². The van der Waals surface area contributed by atoms with Crippen LogP contribution >= 0.6 is 0 Å². The number of hydrogen-bond donors (Lipinski definition) is 1. The van der Waals surface area contributed by atoms with Crippen LogP contribution in [-0.4, -0.2) is 45.4 Å². The first kappa shape index (κ1) is 25.6. The summed E-state index contributed by atoms with van der Waals surface area (Å²) in [6, 6.07) is 13.9. The fraction of sp³-hybridized carbons (Fsp3) is 0.269. The highest BCUT2D eigenvalue weighted by Crippen LogP contribution is 2.41. The van der Waals surface area contributed by atoms with E-state index < -0.39 is 39.8 Å². The van der Waals surface area contributed by atoms with E-state index in [0.717, 1.165) is 35.2 Å². The molecule has 0 radical (unpaired) electrons. The van der Waals surface area contributed by atoms with Crippen LogP contribution < -0.4 is 9.04 Å². The van der Waals surface area contributed by atoms with E-state index >= 15 is 0 Å². The fourth-order valence-electron chi connectivity index (χ4n) is 4.08. The van der Waals surface area contributed by atoms with E-state index in [1.54, 1.807) is 19.1 Å². The lowest BCUT2D eigenvalue weighted by Crippen LogP contribution is -2.44. The van der Waals surface area contributed by atoms with Gasteiger partial charge in [0.05, 0.1) is 24.2 Å². The number of sulfonamides is 1. The molecule has 0 saturated carbocycles. The predicted molar refractivity (Wildman–Crippen MR) is 129 cm³/mol. The average molecular weight is 518 g/mol. The molecule has 1 heterocycles. The fourth-order valence-corrected chi connectivity index (χ4v) is 5.68. The predicted octanol–water partition coefficient (Wildman–Crippen LogP) is 4.21. The maximum Gasteiger partial charge on any atom is 0.334 e. The second kappa shape index (κ2) is 10.2. The van der Waals surface area contributed by atoms with Crippen molar-refractivity contribution in [2.45, 2.75) is 36.9 Å². The summed E-state index contributed by atoms with van der Waals surface area (Å²) in [5.41, 5.74) is 1.17. The molecule has 0 spiro atoms. The number of hydrogen-bond acceptors (Lipinski definition) is 6. The Labute approximate surface area is 207 Å². The van der Waals surface area contributed by atoms with Crippen LogP contribution in [0.4, 0.5) is 14.5 Å². The van der Waals surface area contributed by atoms with Crippen LogP contribution in [0.5, 0.6) is 5.75 Å². The van der Waals surface area contributed by atoms with Crippen LogP contribution in [0, 0.1) is 18.6 Å². The summed E-state index contributed by atoms with van der Waals surface area (Å²) in [7, 11) is -2.92. The zero-order chi connectivity index (χ0) is 26.0. The molecule has 3 aromatic carbocycles. The maximum absolute atomic E-state index is 14.5. The van der Waals surface area contributed by atoms with Crippen molar-refractivity contribution in [3.8, 4) is 16.9 Å². The van der Waals surface area contributed by atoms with Crippen molar-refractivity contribution in [1.82, 2.24) is 0 Å². The molecule has 190 valence electrons. The van der Waals surface area contributed by atoms with Crippen LogP contribution in [-0.2, 0) is 19.6 Å². The number of aliphatic hydroxyl groups excluding tert-OH is 1. The second-order valence-corrected chi connectivity index (χ2v) is 10.4. The molecule has 7 nitrogen and oxygen atoms in total. The van der Waals surface area contributed by atoms with Gasteiger partial charge in [0.25, 0.3) is 10.0 Å². The maximum atomic E-state index is 14.5. The van der Waals surface area contributed by atoms with Crippen LogP contribution in [0.1, 0.15) is 18.4 Å². The Hall–Kier alpha value is -3.50. The Morgan fingerprint density at radius 1 is 1.17 bits per heavy atom. The molecule has 1 aliphatic heterocycles. The summed E-state index contributed by atoms with van der Waals surface area (Å²) < 4.78 is 67.4. The monoisotopic (exact) mass is 517 g/mol. The number of anilines is 1. The minimum Gasteiger partial charge on any atom is -0.486 e. The summed E-state index contributed by atoms with van der Waals surface area (Å²) in [4.78, 5) is 11.6. The molecule has 36 heavy (non-hydrogen) atoms. The normalized spacial score (nSPS) is 16.1. The van der Waals surface area contributed by atoms with Gasteiger partial charge in [0.1, 0.15) is 23.5 Å². The van der Waals surface area contributed by atoms with Gasteiger partial charge in [-0.2, -0.15) is 0 Å². The zero-order valence-electron chi connectivity index (χ0n) is 19.6. The number of esters is 1. The smallest absolute Gasteiger partial charge is 0.334 e. The topological polar surface area (TPSA) is 93.1 Å². The highest BCUT2D eigenvalue weighted by molar-refractivity contribution is 7.92. The number of aryl methyl sites for hydroxylation is 1. The van der Waals surface area contributed by atoms with E-state index in [1.807, 2.05) is 0 Å². The summed E-state index contributed by atoms with van der Waals surface area (Å²) in [6.45, 7) is 1.65. The van der Waals surface area contributed by atoms with Gasteiger partial charge in [0.15, 0.2) is 6.10 Å². The number of nitrogens with zero attached hydrogens (tertiary/aromatic N) is 1. The quantitative estimate of drug-likeness (QED) is 0.472. The molecule has 10 heteroatoms. The number of rotatable bonds is 7. The molecule has 1 N–H and O–H groups in total. The minimum atomic E-state index is -4.08. The Bertz CT molecular complexity index is 1390. The van der Waals surface area contributed by atoms with Gasteiger partial charge in [-0.05, 0) is 73.4 Å². The van der Waals surface area contributed by atoms with Crippen molar-refractivity contribution >= 4 is 21.7 Å². The minimum absolute atomic E-state index is 0.00239. The molecule has 2 atom stereocenters. The number of halogens is 2. The van der Waals surface area contributed by atoms with Crippen molar-refractivity contribution in [1.29, 1.82) is 0 Å². The lowest BCUT2D eigenvalue weighted by Gasteiger charge is -2.36. The van der Waals surface area contributed by atoms with Gasteiger partial charge in [-0.25, -0.2) is 22.0 Å². The largest absolute Gasteiger partial charge is 0.486 e. The molecule has 1 unspecified atom stereocenters. The number of benzene rings is 3. The molecule has 0 bridgehead atoms. The Morgan fingerprint density at radius 3 is 2.67 bits per heavy atom. The second-order valence-electron chi connectivity index (χ2n) is 8.52. The first-order chi connectivity index (χ1) is 17.1. The number of carbonyl (C=O) groups excluding carboxylic acids is 1. The van der Waals surface area contributed by atoms with Gasteiger partial charge < -0.3 is 14.6 Å². The summed E-state index contributed by atoms with van der Waals surface area (Å²) in [5, 5.41) is 9.96. The van der Waals surface area contributed by atoms with E-state index in [1.165, 1.54) is 30.3 Å². The molecule has 3 aromatic rings. The van der Waals surface area contributed by atoms with Gasteiger partial charge in [-0.3, -0.25) is 4.31 Å². The van der Waals surface area contributed by atoms with Crippen LogP contribution in [0.3, 0.4) is 0 Å². The standard InChI is InChI=1S/C26H25F2NO6S/c1-16-4-3-5-20(12-16)36(32,33)29-15-19(8-10-24(30)26(31)34-2)35-25-11-6-17(13-23(25)29)21-14-18(27)7-9-22(21)28/h3-7,9,11-14,19,24,30H,8,10,15H2,1-2H3/t19-,24?/m0/s1. The number of ether oxygens (including phenoxy) is 2. The number of aliphatic hydroxyl groups is 1. The van der Waals surface area contributed by atoms with E-state index in [4.69, 9.17) is 4.74 Å². The van der Waals surface area contributed by atoms with E-state index in [0.29, 0.717) is 0 Å². The molecule has 0 fully saturated rings. The van der Waals surface area contributed by atoms with Crippen molar-refractivity contribution in [2.75, 3.05) is 18.0 Å². The number of methoxy groups -OCH3 is 1. The Balaban J connectivity index is 1.76. The zero-order valence-corrected chi connectivity index (χ0v) is 20.5. The van der Waals surface area contributed by atoms with Crippen molar-refractivity contribution in [3.63, 3.8) is 0 Å². The summed E-state index contributed by atoms with van der Waals surface area (Å²) >= 11 is 0. The van der Waals surface area contributed by atoms with Gasteiger partial charge in [0.2, 0.25) is 0 Å². The number of fused-ring (bicyclic) bond motifs is 1. The van der Waals surface area contributed by atoms with Gasteiger partial charge in [-0.1, -0.05) is 18.2 Å². The molecular formula is C26H25F2NO6S. The lowest BCUT2D eigenvalue weighted by molar-refractivity contribution is -0.150. The molecule has 0 aromatic heterocycles. The van der Waals surface area contributed by atoms with Gasteiger partial charge in [-0.15, -0.1) is 0 Å². The van der Waals surface area contributed by atoms with Gasteiger partial charge >= 0.3 is 5.97 Å². The molecular weight excluding hydrogens is 492 g/mol. The molecule has 0 amide bonds. The van der Waals surface area contributed by atoms with Crippen molar-refractivity contribution in [2.24, 2.45) is 0 Å². The van der Waals surface area contributed by atoms with E-state index in [9.17, 15) is 27.1 Å². The third kappa shape index (κ3) is 5.19. The summed E-state index contributed by atoms with van der Waals surface area (Å²) in [6.07, 6.45) is -1.90. The molecule has 0 aliphatic carbocycles. The first-order valence-corrected chi connectivity index (χ1v) is 12.7. The highest BCUT2D eigenvalue weighted by atomic mass is 32.2. The Kier molecular flexibility index (Phi) is 7.28. The molecule has 1 aliphatic rings. The number of carbonyl (C=O) groups is 1. The van der Waals surface area contributed by atoms with Crippen LogP contribution in [0.25, 0.3) is 11.1 Å². The van der Waals surface area contributed by atoms with Crippen LogP contribution in [0.2, 0.25) is 0 Å². The molecule has 4 rings (SSSR count). The van der Waals surface area contributed by atoms with E-state index in [2.05, 4.69) is 4.74 Å². The SMILES string of the molecule is COC(=O)C(O)CC[C@H]1CN(S(=O)(=O)c2cccc(C)c2)c2cc(-c3cc(F)ccc3F)ccc2O1. The third-order valence-corrected chi connectivity index (χ3v) is 7.72. The highest BCUT2D eigenvalue weighted by Gasteiger charge is 2.35. The Morgan fingerprint density at radius 2 is 1.94 bits per heavy atom.